The van der Waals surface area contributed by atoms with E-state index in [0.29, 0.717) is 17.4 Å². The zero-order valence-corrected chi connectivity index (χ0v) is 14.7. The molecule has 124 valence electrons. The zero-order chi connectivity index (χ0) is 16.8. The fraction of sp³-hybridized carbons (Fsp3) is 0.375. The van der Waals surface area contributed by atoms with Gasteiger partial charge < -0.3 is 20.1 Å². The molecular formula is C16H22N4O2S. The van der Waals surface area contributed by atoms with Gasteiger partial charge in [-0.2, -0.15) is 5.10 Å². The largest absolute Gasteiger partial charge is 0.497 e. The second-order valence-corrected chi connectivity index (χ2v) is 5.35. The minimum atomic E-state index is 0.514. The number of hydrogen-bond donors (Lipinski definition) is 2. The van der Waals surface area contributed by atoms with Crippen molar-refractivity contribution in [2.45, 2.75) is 26.9 Å². The van der Waals surface area contributed by atoms with E-state index >= 15 is 0 Å². The fourth-order valence-corrected chi connectivity index (χ4v) is 2.41. The number of anilines is 1. The minimum Gasteiger partial charge on any atom is -0.497 e. The number of aryl methyl sites for hydroxylation is 1. The summed E-state index contributed by atoms with van der Waals surface area (Å²) in [5, 5.41) is 11.2. The summed E-state index contributed by atoms with van der Waals surface area (Å²) in [6.45, 7) is 5.59. The van der Waals surface area contributed by atoms with Crippen LogP contribution >= 0.6 is 12.2 Å². The normalized spacial score (nSPS) is 10.3. The molecule has 0 bridgehead atoms. The van der Waals surface area contributed by atoms with E-state index in [0.717, 1.165) is 29.2 Å². The van der Waals surface area contributed by atoms with Crippen LogP contribution in [0.25, 0.3) is 0 Å². The van der Waals surface area contributed by atoms with Crippen LogP contribution in [-0.2, 0) is 13.1 Å². The Balaban J connectivity index is 2.00. The standard InChI is InChI=1S/C16H22N4O2S/c1-5-20-11(2)12(10-18-20)9-17-16(23)19-14-8-13(21-3)6-7-15(14)22-4/h6-8,10H,5,9H2,1-4H3,(H2,17,19,23). The van der Waals surface area contributed by atoms with Crippen LogP contribution in [0.15, 0.2) is 24.4 Å². The first-order valence-electron chi connectivity index (χ1n) is 7.37. The molecule has 23 heavy (non-hydrogen) atoms. The number of nitrogens with zero attached hydrogens (tertiary/aromatic N) is 2. The molecule has 0 saturated carbocycles. The molecule has 2 aromatic rings. The van der Waals surface area contributed by atoms with Crippen LogP contribution < -0.4 is 20.1 Å². The summed E-state index contributed by atoms with van der Waals surface area (Å²) >= 11 is 5.35. The van der Waals surface area contributed by atoms with Crippen molar-refractivity contribution < 1.29 is 9.47 Å². The van der Waals surface area contributed by atoms with Crippen LogP contribution in [0.4, 0.5) is 5.69 Å². The Bertz CT molecular complexity index is 685. The smallest absolute Gasteiger partial charge is 0.171 e. The van der Waals surface area contributed by atoms with Crippen molar-refractivity contribution in [1.82, 2.24) is 15.1 Å². The Morgan fingerprint density at radius 1 is 1.30 bits per heavy atom. The summed E-state index contributed by atoms with van der Waals surface area (Å²) in [6.07, 6.45) is 1.86. The molecule has 0 spiro atoms. The monoisotopic (exact) mass is 334 g/mol. The maximum absolute atomic E-state index is 5.35. The van der Waals surface area contributed by atoms with Crippen LogP contribution in [0.1, 0.15) is 18.2 Å². The number of aromatic nitrogens is 2. The average molecular weight is 334 g/mol. The highest BCUT2D eigenvalue weighted by Crippen LogP contribution is 2.28. The van der Waals surface area contributed by atoms with Gasteiger partial charge in [-0.1, -0.05) is 0 Å². The molecular weight excluding hydrogens is 312 g/mol. The second-order valence-electron chi connectivity index (χ2n) is 4.94. The lowest BCUT2D eigenvalue weighted by atomic mass is 10.2. The van der Waals surface area contributed by atoms with Gasteiger partial charge in [0.25, 0.3) is 0 Å². The number of nitrogens with one attached hydrogen (secondary N) is 2. The summed E-state index contributed by atoms with van der Waals surface area (Å²) in [6, 6.07) is 5.51. The lowest BCUT2D eigenvalue weighted by molar-refractivity contribution is 0.405. The number of hydrogen-bond acceptors (Lipinski definition) is 4. The highest BCUT2D eigenvalue weighted by molar-refractivity contribution is 7.80. The number of ether oxygens (including phenoxy) is 2. The van der Waals surface area contributed by atoms with Gasteiger partial charge in [0, 0.05) is 30.4 Å². The molecule has 1 heterocycles. The predicted octanol–water partition coefficient (Wildman–Crippen LogP) is 2.72. The van der Waals surface area contributed by atoms with Gasteiger partial charge in [-0.25, -0.2) is 0 Å². The van der Waals surface area contributed by atoms with Gasteiger partial charge >= 0.3 is 0 Å². The molecule has 0 aliphatic heterocycles. The molecule has 0 atom stereocenters. The molecule has 0 radical (unpaired) electrons. The maximum atomic E-state index is 5.35. The van der Waals surface area contributed by atoms with Crippen LogP contribution in [0.5, 0.6) is 11.5 Å². The van der Waals surface area contributed by atoms with Crippen LogP contribution in [0.2, 0.25) is 0 Å². The predicted molar refractivity (Wildman–Crippen MR) is 95.2 cm³/mol. The number of rotatable bonds is 6. The molecule has 6 nitrogen and oxygen atoms in total. The Morgan fingerprint density at radius 3 is 2.70 bits per heavy atom. The van der Waals surface area contributed by atoms with E-state index in [-0.39, 0.29) is 0 Å². The van der Waals surface area contributed by atoms with Gasteiger partial charge in [-0.3, -0.25) is 4.68 Å². The van der Waals surface area contributed by atoms with E-state index in [9.17, 15) is 0 Å². The maximum Gasteiger partial charge on any atom is 0.171 e. The molecule has 0 fully saturated rings. The molecule has 0 aliphatic rings. The number of methoxy groups -OCH3 is 2. The lowest BCUT2D eigenvalue weighted by Gasteiger charge is -2.14. The van der Waals surface area contributed by atoms with Gasteiger partial charge in [-0.05, 0) is 38.2 Å². The van der Waals surface area contributed by atoms with Crippen molar-refractivity contribution in [3.63, 3.8) is 0 Å². The average Bonchev–Trinajstić information content (AvgIpc) is 2.92. The van der Waals surface area contributed by atoms with Gasteiger partial charge in [0.15, 0.2) is 5.11 Å². The minimum absolute atomic E-state index is 0.514. The molecule has 0 saturated heterocycles. The molecule has 0 aliphatic carbocycles. The van der Waals surface area contributed by atoms with E-state index in [1.807, 2.05) is 29.1 Å². The summed E-state index contributed by atoms with van der Waals surface area (Å²) in [5.41, 5.74) is 3.01. The Labute approximate surface area is 141 Å². The van der Waals surface area contributed by atoms with Gasteiger partial charge in [-0.15, -0.1) is 0 Å². The van der Waals surface area contributed by atoms with Crippen molar-refractivity contribution in [1.29, 1.82) is 0 Å². The molecule has 1 aromatic heterocycles. The molecule has 0 amide bonds. The van der Waals surface area contributed by atoms with Gasteiger partial charge in [0.1, 0.15) is 11.5 Å². The Kier molecular flexibility index (Phi) is 5.81. The second kappa shape index (κ2) is 7.82. The Hall–Kier alpha value is -2.28. The highest BCUT2D eigenvalue weighted by atomic mass is 32.1. The van der Waals surface area contributed by atoms with Crippen LogP contribution in [-0.4, -0.2) is 29.1 Å². The summed E-state index contributed by atoms with van der Waals surface area (Å²) in [7, 11) is 3.24. The third-order valence-corrected chi connectivity index (χ3v) is 3.85. The Morgan fingerprint density at radius 2 is 2.09 bits per heavy atom. The SMILES string of the molecule is CCn1ncc(CNC(=S)Nc2cc(OC)ccc2OC)c1C. The number of benzene rings is 1. The van der Waals surface area contributed by atoms with E-state index in [1.54, 1.807) is 14.2 Å². The van der Waals surface area contributed by atoms with Gasteiger partial charge in [0.05, 0.1) is 26.1 Å². The quantitative estimate of drug-likeness (QED) is 0.792. The van der Waals surface area contributed by atoms with Crippen molar-refractivity contribution >= 4 is 23.0 Å². The first kappa shape index (κ1) is 17.1. The fourth-order valence-electron chi connectivity index (χ4n) is 2.23. The van der Waals surface area contributed by atoms with Crippen molar-refractivity contribution in [3.05, 3.63) is 35.7 Å². The molecule has 2 rings (SSSR count). The third-order valence-electron chi connectivity index (χ3n) is 3.60. The van der Waals surface area contributed by atoms with E-state index in [2.05, 4.69) is 29.6 Å². The van der Waals surface area contributed by atoms with Crippen molar-refractivity contribution in [2.75, 3.05) is 19.5 Å². The van der Waals surface area contributed by atoms with Crippen molar-refractivity contribution in [2.24, 2.45) is 0 Å². The first-order chi connectivity index (χ1) is 11.1. The van der Waals surface area contributed by atoms with E-state index < -0.39 is 0 Å². The zero-order valence-electron chi connectivity index (χ0n) is 13.8. The summed E-state index contributed by atoms with van der Waals surface area (Å²) in [5.74, 6) is 1.43. The van der Waals surface area contributed by atoms with Gasteiger partial charge in [0.2, 0.25) is 0 Å². The van der Waals surface area contributed by atoms with Crippen LogP contribution in [0, 0.1) is 6.92 Å². The number of thiocarbonyl (C=S) groups is 1. The highest BCUT2D eigenvalue weighted by Gasteiger charge is 2.09. The topological polar surface area (TPSA) is 60.3 Å². The van der Waals surface area contributed by atoms with Crippen LogP contribution in [0.3, 0.4) is 0 Å². The van der Waals surface area contributed by atoms with E-state index in [4.69, 9.17) is 21.7 Å². The van der Waals surface area contributed by atoms with Crippen molar-refractivity contribution in [3.8, 4) is 11.5 Å². The van der Waals surface area contributed by atoms with E-state index in [1.165, 1.54) is 0 Å². The molecule has 7 heteroatoms. The molecule has 2 N–H and O–H groups in total. The lowest BCUT2D eigenvalue weighted by Crippen LogP contribution is -2.28. The molecule has 0 unspecified atom stereocenters. The first-order valence-corrected chi connectivity index (χ1v) is 7.78. The summed E-state index contributed by atoms with van der Waals surface area (Å²) < 4.78 is 12.5. The summed E-state index contributed by atoms with van der Waals surface area (Å²) in [4.78, 5) is 0. The molecule has 1 aromatic carbocycles. The third kappa shape index (κ3) is 4.13.